The molecule has 0 radical (unpaired) electrons. The number of thiophene rings is 1. The average molecular weight is 274 g/mol. The third-order valence-corrected chi connectivity index (χ3v) is 4.08. The van der Waals surface area contributed by atoms with Crippen molar-refractivity contribution in [3.05, 3.63) is 51.7 Å². The summed E-state index contributed by atoms with van der Waals surface area (Å²) in [6.07, 6.45) is 0. The molecular weight excluding hydrogens is 256 g/mol. The Morgan fingerprint density at radius 3 is 2.47 bits per heavy atom. The van der Waals surface area contributed by atoms with Crippen LogP contribution in [0.15, 0.2) is 35.7 Å². The number of nitrogens with zero attached hydrogens (tertiary/aromatic N) is 1. The van der Waals surface area contributed by atoms with Crippen LogP contribution < -0.4 is 5.73 Å². The molecule has 19 heavy (non-hydrogen) atoms. The highest BCUT2D eigenvalue weighted by Crippen LogP contribution is 2.19. The fraction of sp³-hybridized carbons (Fsp3) is 0.267. The number of hydrogen-bond acceptors (Lipinski definition) is 3. The molecule has 3 nitrogen and oxygen atoms in total. The molecule has 0 saturated heterocycles. The average Bonchev–Trinajstić information content (AvgIpc) is 2.83. The van der Waals surface area contributed by atoms with Crippen LogP contribution >= 0.6 is 11.3 Å². The fourth-order valence-corrected chi connectivity index (χ4v) is 2.80. The van der Waals surface area contributed by atoms with E-state index in [-0.39, 0.29) is 5.91 Å². The molecule has 0 bridgehead atoms. The molecule has 1 amide bonds. The predicted molar refractivity (Wildman–Crippen MR) is 80.3 cm³/mol. The zero-order chi connectivity index (χ0) is 13.8. The lowest BCUT2D eigenvalue weighted by Gasteiger charge is -2.20. The van der Waals surface area contributed by atoms with Crippen molar-refractivity contribution >= 4 is 22.9 Å². The van der Waals surface area contributed by atoms with Crippen LogP contribution in [0.3, 0.4) is 0 Å². The van der Waals surface area contributed by atoms with Crippen molar-refractivity contribution in [3.8, 4) is 0 Å². The molecule has 1 aromatic carbocycles. The van der Waals surface area contributed by atoms with Gasteiger partial charge in [-0.2, -0.15) is 0 Å². The molecule has 0 spiro atoms. The molecule has 100 valence electrons. The van der Waals surface area contributed by atoms with Gasteiger partial charge in [-0.1, -0.05) is 12.1 Å². The van der Waals surface area contributed by atoms with Gasteiger partial charge in [0.05, 0.1) is 4.88 Å². The van der Waals surface area contributed by atoms with Crippen LogP contribution in [0.25, 0.3) is 0 Å². The van der Waals surface area contributed by atoms with E-state index in [0.717, 1.165) is 21.7 Å². The Kier molecular flexibility index (Phi) is 4.22. The Balaban J connectivity index is 2.14. The lowest BCUT2D eigenvalue weighted by molar-refractivity contribution is 0.0757. The van der Waals surface area contributed by atoms with Gasteiger partial charge in [0.15, 0.2) is 0 Å². The summed E-state index contributed by atoms with van der Waals surface area (Å²) in [5.41, 5.74) is 8.55. The first kappa shape index (κ1) is 13.6. The SMILES string of the molecule is CCN(Cc1ccc(N)cc1)C(=O)c1sccc1C. The topological polar surface area (TPSA) is 46.3 Å². The number of anilines is 1. The molecule has 2 N–H and O–H groups in total. The minimum atomic E-state index is 0.104. The third kappa shape index (κ3) is 3.15. The van der Waals surface area contributed by atoms with Crippen LogP contribution in [0.5, 0.6) is 0 Å². The van der Waals surface area contributed by atoms with Gasteiger partial charge in [-0.3, -0.25) is 4.79 Å². The zero-order valence-electron chi connectivity index (χ0n) is 11.2. The van der Waals surface area contributed by atoms with Crippen LogP contribution in [0.1, 0.15) is 27.7 Å². The van der Waals surface area contributed by atoms with Crippen LogP contribution in [0.2, 0.25) is 0 Å². The monoisotopic (exact) mass is 274 g/mol. The Morgan fingerprint density at radius 2 is 1.95 bits per heavy atom. The van der Waals surface area contributed by atoms with Gasteiger partial charge in [-0.05, 0) is 48.6 Å². The summed E-state index contributed by atoms with van der Waals surface area (Å²) in [4.78, 5) is 15.1. The van der Waals surface area contributed by atoms with Crippen LogP contribution in [0, 0.1) is 6.92 Å². The van der Waals surface area contributed by atoms with Gasteiger partial charge in [-0.15, -0.1) is 11.3 Å². The highest BCUT2D eigenvalue weighted by atomic mass is 32.1. The van der Waals surface area contributed by atoms with Crippen molar-refractivity contribution in [2.45, 2.75) is 20.4 Å². The molecule has 1 aromatic heterocycles. The summed E-state index contributed by atoms with van der Waals surface area (Å²) >= 11 is 1.50. The Labute approximate surface area is 117 Å². The van der Waals surface area contributed by atoms with Crippen molar-refractivity contribution in [2.24, 2.45) is 0 Å². The Bertz CT molecular complexity index is 560. The normalized spacial score (nSPS) is 10.4. The minimum absolute atomic E-state index is 0.104. The first-order valence-electron chi connectivity index (χ1n) is 6.29. The van der Waals surface area contributed by atoms with Crippen molar-refractivity contribution in [2.75, 3.05) is 12.3 Å². The van der Waals surface area contributed by atoms with Crippen LogP contribution in [0.4, 0.5) is 5.69 Å². The van der Waals surface area contributed by atoms with Crippen molar-refractivity contribution in [1.82, 2.24) is 4.90 Å². The van der Waals surface area contributed by atoms with E-state index in [9.17, 15) is 4.79 Å². The number of nitrogen functional groups attached to an aromatic ring is 1. The van der Waals surface area contributed by atoms with Crippen LogP contribution in [-0.2, 0) is 6.54 Å². The van der Waals surface area contributed by atoms with E-state index in [1.807, 2.05) is 54.5 Å². The molecule has 0 unspecified atom stereocenters. The summed E-state index contributed by atoms with van der Waals surface area (Å²) < 4.78 is 0. The maximum absolute atomic E-state index is 12.4. The van der Waals surface area contributed by atoms with Gasteiger partial charge in [-0.25, -0.2) is 0 Å². The lowest BCUT2D eigenvalue weighted by atomic mass is 10.2. The highest BCUT2D eigenvalue weighted by molar-refractivity contribution is 7.12. The molecule has 0 aliphatic rings. The van der Waals surface area contributed by atoms with Gasteiger partial charge >= 0.3 is 0 Å². The zero-order valence-corrected chi connectivity index (χ0v) is 12.0. The predicted octanol–water partition coefficient (Wildman–Crippen LogP) is 3.30. The first-order valence-corrected chi connectivity index (χ1v) is 7.17. The Morgan fingerprint density at radius 1 is 1.26 bits per heavy atom. The smallest absolute Gasteiger partial charge is 0.264 e. The second-order valence-corrected chi connectivity index (χ2v) is 5.41. The van der Waals surface area contributed by atoms with Crippen LogP contribution in [-0.4, -0.2) is 17.4 Å². The number of rotatable bonds is 4. The van der Waals surface area contributed by atoms with E-state index in [2.05, 4.69) is 0 Å². The van der Waals surface area contributed by atoms with E-state index < -0.39 is 0 Å². The quantitative estimate of drug-likeness (QED) is 0.869. The lowest BCUT2D eigenvalue weighted by Crippen LogP contribution is -2.30. The second-order valence-electron chi connectivity index (χ2n) is 4.49. The number of carbonyl (C=O) groups excluding carboxylic acids is 1. The van der Waals surface area contributed by atoms with Gasteiger partial charge in [0.2, 0.25) is 0 Å². The molecule has 2 rings (SSSR count). The van der Waals surface area contributed by atoms with Gasteiger partial charge in [0.25, 0.3) is 5.91 Å². The first-order chi connectivity index (χ1) is 9.11. The minimum Gasteiger partial charge on any atom is -0.399 e. The molecule has 0 aliphatic heterocycles. The van der Waals surface area contributed by atoms with Crippen molar-refractivity contribution < 1.29 is 4.79 Å². The molecule has 1 heterocycles. The summed E-state index contributed by atoms with van der Waals surface area (Å²) in [5, 5.41) is 1.96. The third-order valence-electron chi connectivity index (χ3n) is 3.08. The molecule has 0 saturated carbocycles. The number of benzene rings is 1. The maximum Gasteiger partial charge on any atom is 0.264 e. The second kappa shape index (κ2) is 5.89. The van der Waals surface area contributed by atoms with E-state index in [0.29, 0.717) is 13.1 Å². The van der Waals surface area contributed by atoms with Gasteiger partial charge in [0.1, 0.15) is 0 Å². The van der Waals surface area contributed by atoms with E-state index in [1.165, 1.54) is 11.3 Å². The summed E-state index contributed by atoms with van der Waals surface area (Å²) in [6, 6.07) is 9.64. The molecule has 0 atom stereocenters. The Hall–Kier alpha value is -1.81. The van der Waals surface area contributed by atoms with E-state index in [1.54, 1.807) is 0 Å². The highest BCUT2D eigenvalue weighted by Gasteiger charge is 2.17. The number of nitrogens with two attached hydrogens (primary N) is 1. The van der Waals surface area contributed by atoms with Crippen molar-refractivity contribution in [1.29, 1.82) is 0 Å². The molecule has 0 fully saturated rings. The standard InChI is InChI=1S/C15H18N2OS/c1-3-17(10-12-4-6-13(16)7-5-12)15(18)14-11(2)8-9-19-14/h4-9H,3,10,16H2,1-2H3. The molecule has 4 heteroatoms. The number of amides is 1. The largest absolute Gasteiger partial charge is 0.399 e. The number of aryl methyl sites for hydroxylation is 1. The van der Waals surface area contributed by atoms with E-state index >= 15 is 0 Å². The molecule has 2 aromatic rings. The number of hydrogen-bond donors (Lipinski definition) is 1. The van der Waals surface area contributed by atoms with Gasteiger partial charge < -0.3 is 10.6 Å². The number of carbonyl (C=O) groups is 1. The summed E-state index contributed by atoms with van der Waals surface area (Å²) in [7, 11) is 0. The van der Waals surface area contributed by atoms with E-state index in [4.69, 9.17) is 5.73 Å². The van der Waals surface area contributed by atoms with Crippen molar-refractivity contribution in [3.63, 3.8) is 0 Å². The fourth-order valence-electron chi connectivity index (χ4n) is 1.91. The molecule has 0 aliphatic carbocycles. The summed E-state index contributed by atoms with van der Waals surface area (Å²) in [5.74, 6) is 0.104. The molecular formula is C15H18N2OS. The maximum atomic E-state index is 12.4. The van der Waals surface area contributed by atoms with Gasteiger partial charge in [0, 0.05) is 18.8 Å². The summed E-state index contributed by atoms with van der Waals surface area (Å²) in [6.45, 7) is 5.28.